The molecule has 0 aliphatic carbocycles. The van der Waals surface area contributed by atoms with E-state index in [0.29, 0.717) is 29.0 Å². The second-order valence-corrected chi connectivity index (χ2v) is 12.9. The molecule has 220 valence electrons. The summed E-state index contributed by atoms with van der Waals surface area (Å²) in [6.07, 6.45) is 2.68. The van der Waals surface area contributed by atoms with Gasteiger partial charge in [0.2, 0.25) is 15.9 Å². The number of aromatic nitrogens is 2. The van der Waals surface area contributed by atoms with E-state index in [-0.39, 0.29) is 28.2 Å². The zero-order chi connectivity index (χ0) is 29.8. The molecule has 41 heavy (non-hydrogen) atoms. The molecule has 11 nitrogen and oxygen atoms in total. The van der Waals surface area contributed by atoms with Crippen LogP contribution in [0.3, 0.4) is 0 Å². The summed E-state index contributed by atoms with van der Waals surface area (Å²) in [5, 5.41) is 6.47. The number of sulfonamides is 1. The summed E-state index contributed by atoms with van der Waals surface area (Å²) in [7, 11) is -2.21. The number of carbonyl (C=O) groups excluding carboxylic acids is 1. The Hall–Kier alpha value is -3.45. The zero-order valence-corrected chi connectivity index (χ0v) is 25.3. The molecular formula is C28H35ClN6O5S. The number of piperazine rings is 1. The number of ether oxygens (including phenoxy) is 2. The van der Waals surface area contributed by atoms with Gasteiger partial charge in [0.15, 0.2) is 5.75 Å². The maximum absolute atomic E-state index is 13.4. The number of nitrogens with one attached hydrogen (secondary N) is 3. The first kappa shape index (κ1) is 30.5. The second-order valence-electron chi connectivity index (χ2n) is 10.8. The Balaban J connectivity index is 1.58. The fourth-order valence-corrected chi connectivity index (χ4v) is 4.97. The Kier molecular flexibility index (Phi) is 9.37. The van der Waals surface area contributed by atoms with Crippen LogP contribution in [0.2, 0.25) is 5.02 Å². The maximum atomic E-state index is 13.4. The van der Waals surface area contributed by atoms with Crippen LogP contribution in [0.25, 0.3) is 0 Å². The Morgan fingerprint density at radius 1 is 1.12 bits per heavy atom. The Morgan fingerprint density at radius 2 is 1.83 bits per heavy atom. The molecule has 1 aliphatic heterocycles. The highest BCUT2D eigenvalue weighted by atomic mass is 35.5. The predicted octanol–water partition coefficient (Wildman–Crippen LogP) is 4.26. The number of carbonyl (C=O) groups is 1. The summed E-state index contributed by atoms with van der Waals surface area (Å²) >= 11 is 6.41. The third-order valence-corrected chi connectivity index (χ3v) is 7.27. The molecule has 2 heterocycles. The summed E-state index contributed by atoms with van der Waals surface area (Å²) in [4.78, 5) is 24.5. The maximum Gasteiger partial charge on any atom is 0.255 e. The molecule has 2 aromatic carbocycles. The first-order valence-electron chi connectivity index (χ1n) is 13.1. The predicted molar refractivity (Wildman–Crippen MR) is 160 cm³/mol. The zero-order valence-electron chi connectivity index (χ0n) is 23.7. The molecule has 0 saturated carbocycles. The summed E-state index contributed by atoms with van der Waals surface area (Å²) in [6.45, 7) is 10.2. The van der Waals surface area contributed by atoms with Gasteiger partial charge in [0, 0.05) is 44.0 Å². The number of rotatable bonds is 9. The molecule has 1 aliphatic rings. The molecule has 13 heteroatoms. The first-order chi connectivity index (χ1) is 19.3. The molecule has 4 rings (SSSR count). The normalized spacial score (nSPS) is 14.4. The Morgan fingerprint density at radius 3 is 2.49 bits per heavy atom. The standard InChI is InChI=1S/C28H35ClN6O5S/c1-28(2,3)19-15-21(26(39-4)22(16-19)34-41(5,37)38)32-27(36)18-6-7-20(29)23(14-18)40-25-8-9-31-24(33-25)17-35-12-10-30-11-13-35/h6-9,14-16,30,34H,10-13,17H2,1-5H3,(H,32,36). The number of benzene rings is 2. The van der Waals surface area contributed by atoms with Crippen molar-refractivity contribution in [1.82, 2.24) is 20.2 Å². The van der Waals surface area contributed by atoms with Crippen LogP contribution < -0.4 is 24.8 Å². The average Bonchev–Trinajstić information content (AvgIpc) is 2.89. The SMILES string of the molecule is COc1c(NC(=O)c2ccc(Cl)c(Oc3ccnc(CN4CCNCC4)n3)c2)cc(C(C)(C)C)cc1NS(C)(=O)=O. The van der Waals surface area contributed by atoms with Gasteiger partial charge in [-0.05, 0) is 41.3 Å². The van der Waals surface area contributed by atoms with Gasteiger partial charge in [-0.3, -0.25) is 14.4 Å². The fourth-order valence-electron chi connectivity index (χ4n) is 4.26. The van der Waals surface area contributed by atoms with E-state index in [2.05, 4.69) is 30.2 Å². The number of nitrogens with zero attached hydrogens (tertiary/aromatic N) is 3. The van der Waals surface area contributed by atoms with E-state index in [1.54, 1.807) is 36.5 Å². The van der Waals surface area contributed by atoms with E-state index in [9.17, 15) is 13.2 Å². The highest BCUT2D eigenvalue weighted by molar-refractivity contribution is 7.92. The van der Waals surface area contributed by atoms with Crippen molar-refractivity contribution in [2.45, 2.75) is 32.7 Å². The molecule has 1 saturated heterocycles. The van der Waals surface area contributed by atoms with Crippen molar-refractivity contribution >= 4 is 38.9 Å². The lowest BCUT2D eigenvalue weighted by Crippen LogP contribution is -2.43. The number of amides is 1. The van der Waals surface area contributed by atoms with Gasteiger partial charge in [0.25, 0.3) is 5.91 Å². The van der Waals surface area contributed by atoms with Gasteiger partial charge in [0.05, 0.1) is 36.3 Å². The van der Waals surface area contributed by atoms with Crippen LogP contribution >= 0.6 is 11.6 Å². The van der Waals surface area contributed by atoms with Gasteiger partial charge in [0.1, 0.15) is 11.6 Å². The second kappa shape index (κ2) is 12.6. The van der Waals surface area contributed by atoms with Crippen LogP contribution in [-0.2, 0) is 22.0 Å². The van der Waals surface area contributed by atoms with Crippen LogP contribution in [0.1, 0.15) is 42.5 Å². The van der Waals surface area contributed by atoms with Crippen molar-refractivity contribution < 1.29 is 22.7 Å². The minimum absolute atomic E-state index is 0.181. The molecule has 1 aromatic heterocycles. The van der Waals surface area contributed by atoms with E-state index in [0.717, 1.165) is 38.0 Å². The molecule has 3 N–H and O–H groups in total. The van der Waals surface area contributed by atoms with Gasteiger partial charge < -0.3 is 20.1 Å². The number of hydrogen-bond acceptors (Lipinski definition) is 9. The molecule has 1 fully saturated rings. The highest BCUT2D eigenvalue weighted by Gasteiger charge is 2.23. The van der Waals surface area contributed by atoms with Crippen molar-refractivity contribution in [3.8, 4) is 17.4 Å². The van der Waals surface area contributed by atoms with Crippen molar-refractivity contribution in [2.24, 2.45) is 0 Å². The summed E-state index contributed by atoms with van der Waals surface area (Å²) in [5.74, 6) is 0.892. The minimum atomic E-state index is -3.61. The number of methoxy groups -OCH3 is 1. The van der Waals surface area contributed by atoms with E-state index in [1.165, 1.54) is 13.2 Å². The van der Waals surface area contributed by atoms with Crippen LogP contribution in [-0.4, -0.2) is 68.7 Å². The van der Waals surface area contributed by atoms with Crippen LogP contribution in [0, 0.1) is 0 Å². The van der Waals surface area contributed by atoms with Crippen molar-refractivity contribution in [2.75, 3.05) is 49.6 Å². The molecule has 0 radical (unpaired) electrons. The first-order valence-corrected chi connectivity index (χ1v) is 15.3. The number of hydrogen-bond donors (Lipinski definition) is 3. The van der Waals surface area contributed by atoms with Crippen LogP contribution in [0.15, 0.2) is 42.6 Å². The summed E-state index contributed by atoms with van der Waals surface area (Å²) < 4.78 is 38.0. The lowest BCUT2D eigenvalue weighted by atomic mass is 9.86. The molecule has 0 unspecified atom stereocenters. The van der Waals surface area contributed by atoms with Gasteiger partial charge in [-0.1, -0.05) is 32.4 Å². The fraction of sp³-hybridized carbons (Fsp3) is 0.393. The lowest BCUT2D eigenvalue weighted by Gasteiger charge is -2.26. The Bertz CT molecular complexity index is 1520. The van der Waals surface area contributed by atoms with Crippen molar-refractivity contribution in [1.29, 1.82) is 0 Å². The molecule has 3 aromatic rings. The molecule has 0 bridgehead atoms. The van der Waals surface area contributed by atoms with Crippen molar-refractivity contribution in [3.63, 3.8) is 0 Å². The monoisotopic (exact) mass is 602 g/mol. The smallest absolute Gasteiger partial charge is 0.255 e. The molecule has 1 amide bonds. The van der Waals surface area contributed by atoms with E-state index in [1.807, 2.05) is 20.8 Å². The minimum Gasteiger partial charge on any atom is -0.492 e. The average molecular weight is 603 g/mol. The van der Waals surface area contributed by atoms with Gasteiger partial charge >= 0.3 is 0 Å². The number of halogens is 1. The Labute approximate surface area is 245 Å². The van der Waals surface area contributed by atoms with Crippen LogP contribution in [0.5, 0.6) is 17.4 Å². The highest BCUT2D eigenvalue weighted by Crippen LogP contribution is 2.39. The molecular weight excluding hydrogens is 568 g/mol. The quantitative estimate of drug-likeness (QED) is 0.328. The topological polar surface area (TPSA) is 135 Å². The third kappa shape index (κ3) is 8.29. The van der Waals surface area contributed by atoms with Crippen LogP contribution in [0.4, 0.5) is 11.4 Å². The summed E-state index contributed by atoms with van der Waals surface area (Å²) in [5.41, 5.74) is 1.24. The van der Waals surface area contributed by atoms with E-state index < -0.39 is 15.9 Å². The van der Waals surface area contributed by atoms with E-state index >= 15 is 0 Å². The largest absolute Gasteiger partial charge is 0.492 e. The van der Waals surface area contributed by atoms with Crippen molar-refractivity contribution in [3.05, 3.63) is 64.6 Å². The number of anilines is 2. The third-order valence-electron chi connectivity index (χ3n) is 6.37. The summed E-state index contributed by atoms with van der Waals surface area (Å²) in [6, 6.07) is 9.74. The lowest BCUT2D eigenvalue weighted by molar-refractivity contribution is 0.102. The van der Waals surface area contributed by atoms with Gasteiger partial charge in [-0.2, -0.15) is 4.98 Å². The molecule has 0 spiro atoms. The van der Waals surface area contributed by atoms with Gasteiger partial charge in [-0.25, -0.2) is 13.4 Å². The van der Waals surface area contributed by atoms with Gasteiger partial charge in [-0.15, -0.1) is 0 Å². The van der Waals surface area contributed by atoms with E-state index in [4.69, 9.17) is 21.1 Å². The molecule has 0 atom stereocenters.